The summed E-state index contributed by atoms with van der Waals surface area (Å²) in [6.07, 6.45) is -12.3. The van der Waals surface area contributed by atoms with E-state index in [1.165, 1.54) is 13.2 Å². The topological polar surface area (TPSA) is 126 Å². The molecular weight excluding hydrogens is 693 g/mol. The maximum absolute atomic E-state index is 15.2. The van der Waals surface area contributed by atoms with Crippen molar-refractivity contribution in [2.24, 2.45) is 5.14 Å². The molecule has 0 bridgehead atoms. The van der Waals surface area contributed by atoms with E-state index in [0.29, 0.717) is 23.4 Å². The zero-order valence-electron chi connectivity index (χ0n) is 25.4. The largest absolute Gasteiger partial charge is 0.482 e. The molecule has 1 fully saturated rings. The number of nitrogens with one attached hydrogen (secondary N) is 2. The molecule has 3 atom stereocenters. The minimum absolute atomic E-state index is 0.0512. The second kappa shape index (κ2) is 15.5. The number of fused-ring (bicyclic) bond motifs is 1. The van der Waals surface area contributed by atoms with Crippen molar-refractivity contribution in [3.05, 3.63) is 46.8 Å². The van der Waals surface area contributed by atoms with Crippen LogP contribution in [0.2, 0.25) is 0 Å². The average Bonchev–Trinajstić information content (AvgIpc) is 3.31. The van der Waals surface area contributed by atoms with E-state index in [0.717, 1.165) is 29.5 Å². The second-order valence-electron chi connectivity index (χ2n) is 11.1. The lowest BCUT2D eigenvalue weighted by Crippen LogP contribution is -2.50. The van der Waals surface area contributed by atoms with Gasteiger partial charge in [0.05, 0.1) is 57.6 Å². The number of thiophene rings is 1. The van der Waals surface area contributed by atoms with Gasteiger partial charge in [0.2, 0.25) is 10.0 Å². The summed E-state index contributed by atoms with van der Waals surface area (Å²) in [6, 6.07) is 7.08. The van der Waals surface area contributed by atoms with Gasteiger partial charge >= 0.3 is 12.4 Å². The highest BCUT2D eigenvalue weighted by atomic mass is 32.2. The first kappa shape index (κ1) is 37.5. The van der Waals surface area contributed by atoms with E-state index in [4.69, 9.17) is 14.6 Å². The van der Waals surface area contributed by atoms with E-state index in [1.54, 1.807) is 17.0 Å². The van der Waals surface area contributed by atoms with E-state index < -0.39 is 64.4 Å². The molecule has 5 N–H and O–H groups in total. The number of benzene rings is 2. The van der Waals surface area contributed by atoms with Gasteiger partial charge in [-0.1, -0.05) is 24.0 Å². The predicted molar refractivity (Wildman–Crippen MR) is 168 cm³/mol. The first-order chi connectivity index (χ1) is 22.4. The van der Waals surface area contributed by atoms with Gasteiger partial charge in [0.1, 0.15) is 11.9 Å². The molecule has 1 saturated heterocycles. The number of piperidine rings is 1. The smallest absolute Gasteiger partial charge is 0.422 e. The van der Waals surface area contributed by atoms with Crippen molar-refractivity contribution in [3.8, 4) is 17.6 Å². The maximum Gasteiger partial charge on any atom is 0.422 e. The van der Waals surface area contributed by atoms with Crippen molar-refractivity contribution in [2.75, 3.05) is 57.1 Å². The van der Waals surface area contributed by atoms with Gasteiger partial charge < -0.3 is 25.2 Å². The van der Waals surface area contributed by atoms with Crippen molar-refractivity contribution >= 4 is 42.8 Å². The van der Waals surface area contributed by atoms with Crippen LogP contribution < -0.4 is 20.5 Å². The molecule has 0 aliphatic carbocycles. The van der Waals surface area contributed by atoms with Crippen LogP contribution in [0, 0.1) is 11.8 Å². The fourth-order valence-corrected chi connectivity index (χ4v) is 6.87. The SMILES string of the molecule is COCC(O)CN1CCC(Nc2cccc3c(CC(F)(F)F)c(C#CCNc4ccc(S(N)(=O)=O)cc4OCC(F)(F)F)sc23)C(F)C1. The Bertz CT molecular complexity index is 1740. The Hall–Kier alpha value is -3.34. The van der Waals surface area contributed by atoms with Crippen LogP contribution in [0.15, 0.2) is 41.3 Å². The van der Waals surface area contributed by atoms with Crippen LogP contribution in [0.4, 0.5) is 42.1 Å². The molecule has 3 unspecified atom stereocenters. The minimum Gasteiger partial charge on any atom is -0.482 e. The lowest BCUT2D eigenvalue weighted by molar-refractivity contribution is -0.153. The number of halogens is 7. The second-order valence-corrected chi connectivity index (χ2v) is 13.7. The van der Waals surface area contributed by atoms with Gasteiger partial charge in [0.15, 0.2) is 6.61 Å². The van der Waals surface area contributed by atoms with E-state index in [1.807, 2.05) is 0 Å². The summed E-state index contributed by atoms with van der Waals surface area (Å²) >= 11 is 0.986. The van der Waals surface area contributed by atoms with Crippen molar-refractivity contribution in [1.82, 2.24) is 4.90 Å². The van der Waals surface area contributed by atoms with Crippen LogP contribution >= 0.6 is 11.3 Å². The fourth-order valence-electron chi connectivity index (χ4n) is 5.17. The lowest BCUT2D eigenvalue weighted by atomic mass is 10.0. The summed E-state index contributed by atoms with van der Waals surface area (Å²) in [7, 11) is -2.81. The Morgan fingerprint density at radius 3 is 2.54 bits per heavy atom. The molecule has 3 aromatic rings. The van der Waals surface area contributed by atoms with E-state index >= 15 is 4.39 Å². The number of primary sulfonamides is 1. The van der Waals surface area contributed by atoms with Crippen molar-refractivity contribution in [3.63, 3.8) is 0 Å². The molecule has 2 heterocycles. The quantitative estimate of drug-likeness (QED) is 0.154. The summed E-state index contributed by atoms with van der Waals surface area (Å²) in [5, 5.41) is 21.2. The van der Waals surface area contributed by atoms with Crippen LogP contribution in [0.25, 0.3) is 10.1 Å². The number of alkyl halides is 7. The number of nitrogens with zero attached hydrogens (tertiary/aromatic N) is 1. The number of anilines is 2. The number of sulfonamides is 1. The summed E-state index contributed by atoms with van der Waals surface area (Å²) in [4.78, 5) is 1.38. The summed E-state index contributed by atoms with van der Waals surface area (Å²) in [6.45, 7) is -1.10. The monoisotopic (exact) mass is 726 g/mol. The first-order valence-corrected chi connectivity index (χ1v) is 16.8. The van der Waals surface area contributed by atoms with Gasteiger partial charge in [-0.05, 0) is 35.6 Å². The molecule has 48 heavy (non-hydrogen) atoms. The highest BCUT2D eigenvalue weighted by Gasteiger charge is 2.33. The average molecular weight is 727 g/mol. The highest BCUT2D eigenvalue weighted by molar-refractivity contribution is 7.89. The summed E-state index contributed by atoms with van der Waals surface area (Å²) < 4.78 is 128. The maximum atomic E-state index is 15.2. The zero-order valence-corrected chi connectivity index (χ0v) is 27.1. The van der Waals surface area contributed by atoms with Crippen molar-refractivity contribution < 1.29 is 53.7 Å². The number of aliphatic hydroxyl groups excluding tert-OH is 1. The standard InChI is InChI=1S/C30H33F7N4O5S2/c1-45-16-18(42)14-41-11-9-23(22(31)15-41)40-25-5-2-4-20-21(13-29(32,33)34)27(47-28(20)25)6-3-10-39-24-8-7-19(48(38,43)44)12-26(24)46-17-30(35,36)37/h2,4-5,7-8,12,18,22-23,39-40,42H,9-11,13-17H2,1H3,(H2,38,43,44). The molecule has 2 aromatic carbocycles. The van der Waals surface area contributed by atoms with Gasteiger partial charge in [0, 0.05) is 32.8 Å². The number of nitrogens with two attached hydrogens (primary N) is 1. The van der Waals surface area contributed by atoms with E-state index in [9.17, 15) is 39.9 Å². The molecule has 0 saturated carbocycles. The Kier molecular flexibility index (Phi) is 12.1. The third-order valence-electron chi connectivity index (χ3n) is 7.23. The van der Waals surface area contributed by atoms with Gasteiger partial charge in [-0.25, -0.2) is 17.9 Å². The Morgan fingerprint density at radius 2 is 1.90 bits per heavy atom. The van der Waals surface area contributed by atoms with Gasteiger partial charge in [-0.2, -0.15) is 26.3 Å². The van der Waals surface area contributed by atoms with Crippen LogP contribution in [0.5, 0.6) is 5.75 Å². The third kappa shape index (κ3) is 10.6. The van der Waals surface area contributed by atoms with Gasteiger partial charge in [0.25, 0.3) is 0 Å². The molecule has 0 radical (unpaired) electrons. The third-order valence-corrected chi connectivity index (χ3v) is 9.34. The van der Waals surface area contributed by atoms with Crippen molar-refractivity contribution in [2.45, 2.75) is 48.4 Å². The Morgan fingerprint density at radius 1 is 1.15 bits per heavy atom. The number of hydrogen-bond donors (Lipinski definition) is 4. The molecule has 264 valence electrons. The Balaban J connectivity index is 1.56. The zero-order chi connectivity index (χ0) is 35.3. The lowest BCUT2D eigenvalue weighted by Gasteiger charge is -2.36. The molecule has 1 aromatic heterocycles. The molecule has 1 aliphatic heterocycles. The van der Waals surface area contributed by atoms with E-state index in [-0.39, 0.29) is 47.8 Å². The van der Waals surface area contributed by atoms with Crippen molar-refractivity contribution in [1.29, 1.82) is 0 Å². The molecule has 4 rings (SSSR count). The molecule has 0 spiro atoms. The minimum atomic E-state index is -4.73. The Labute approximate surface area is 276 Å². The number of methoxy groups -OCH3 is 1. The molecule has 1 aliphatic rings. The van der Waals surface area contributed by atoms with Gasteiger partial charge in [-0.15, -0.1) is 11.3 Å². The fraction of sp³-hybridized carbons (Fsp3) is 0.467. The number of aliphatic hydroxyl groups is 1. The first-order valence-electron chi connectivity index (χ1n) is 14.4. The van der Waals surface area contributed by atoms with Crippen LogP contribution in [-0.4, -0.2) is 95.6 Å². The molecular formula is C30H33F7N4O5S2. The number of hydrogen-bond acceptors (Lipinski definition) is 9. The predicted octanol–water partition coefficient (Wildman–Crippen LogP) is 4.89. The van der Waals surface area contributed by atoms with Crippen LogP contribution in [0.1, 0.15) is 16.9 Å². The number of ether oxygens (including phenoxy) is 2. The van der Waals surface area contributed by atoms with E-state index in [2.05, 4.69) is 22.5 Å². The normalized spacial score (nSPS) is 18.3. The number of likely N-dealkylation sites (tertiary alicyclic amines) is 1. The number of β-amino-alcohol motifs (C(OH)–C–C–N with tert-alkyl or cyclic N) is 1. The molecule has 18 heteroatoms. The van der Waals surface area contributed by atoms with Crippen LogP contribution in [-0.2, 0) is 21.2 Å². The highest BCUT2D eigenvalue weighted by Crippen LogP contribution is 2.40. The molecule has 9 nitrogen and oxygen atoms in total. The van der Waals surface area contributed by atoms with Crippen LogP contribution in [0.3, 0.4) is 0 Å². The van der Waals surface area contributed by atoms with Gasteiger partial charge in [-0.3, -0.25) is 4.90 Å². The summed E-state index contributed by atoms with van der Waals surface area (Å²) in [5.41, 5.74) is 0.303. The number of rotatable bonds is 12. The molecule has 0 amide bonds. The summed E-state index contributed by atoms with van der Waals surface area (Å²) in [5.74, 6) is 4.90.